The maximum atomic E-state index is 12.1. The Labute approximate surface area is 137 Å². The first-order valence-electron chi connectivity index (χ1n) is 7.35. The number of ether oxygens (including phenoxy) is 1. The molecular weight excluding hydrogens is 314 g/mol. The van der Waals surface area contributed by atoms with E-state index in [1.54, 1.807) is 12.1 Å². The summed E-state index contributed by atoms with van der Waals surface area (Å²) >= 11 is 0. The molecule has 9 heteroatoms. The number of carbonyl (C=O) groups excluding carboxylic acids is 3. The highest BCUT2D eigenvalue weighted by atomic mass is 16.5. The molecule has 126 valence electrons. The van der Waals surface area contributed by atoms with E-state index in [-0.39, 0.29) is 17.2 Å². The molecule has 1 aromatic heterocycles. The van der Waals surface area contributed by atoms with Crippen LogP contribution in [0.4, 0.5) is 11.6 Å². The fourth-order valence-corrected chi connectivity index (χ4v) is 1.77. The molecule has 0 unspecified atom stereocenters. The van der Waals surface area contributed by atoms with E-state index in [1.165, 1.54) is 18.5 Å². The number of para-hydroxylation sites is 1. The normalized spacial score (nSPS) is 10.0. The number of rotatable bonds is 6. The van der Waals surface area contributed by atoms with Gasteiger partial charge in [-0.25, -0.2) is 9.89 Å². The van der Waals surface area contributed by atoms with Gasteiger partial charge < -0.3 is 10.1 Å². The van der Waals surface area contributed by atoms with Crippen molar-refractivity contribution >= 4 is 29.4 Å². The van der Waals surface area contributed by atoms with Crippen LogP contribution in [0.25, 0.3) is 0 Å². The van der Waals surface area contributed by atoms with Crippen molar-refractivity contribution in [1.82, 2.24) is 15.2 Å². The Morgan fingerprint density at radius 1 is 1.17 bits per heavy atom. The van der Waals surface area contributed by atoms with Gasteiger partial charge in [0, 0.05) is 0 Å². The van der Waals surface area contributed by atoms with E-state index < -0.39 is 17.8 Å². The van der Waals surface area contributed by atoms with Crippen LogP contribution in [0.2, 0.25) is 0 Å². The molecule has 0 saturated carbocycles. The second-order valence-electron chi connectivity index (χ2n) is 4.78. The summed E-state index contributed by atoms with van der Waals surface area (Å²) in [6, 6.07) is 6.29. The van der Waals surface area contributed by atoms with E-state index in [4.69, 9.17) is 4.74 Å². The summed E-state index contributed by atoms with van der Waals surface area (Å²) in [5.41, 5.74) is 0.367. The average Bonchev–Trinajstić information content (AvgIpc) is 3.08. The number of nitrogens with one attached hydrogen (secondary N) is 3. The number of esters is 1. The fourth-order valence-electron chi connectivity index (χ4n) is 1.77. The van der Waals surface area contributed by atoms with Crippen LogP contribution in [0.5, 0.6) is 0 Å². The van der Waals surface area contributed by atoms with Gasteiger partial charge in [0.05, 0.1) is 17.9 Å². The molecule has 3 N–H and O–H groups in total. The molecule has 0 fully saturated rings. The number of H-pyrrole nitrogens is 1. The summed E-state index contributed by atoms with van der Waals surface area (Å²) in [4.78, 5) is 39.4. The minimum atomic E-state index is -0.944. The second-order valence-corrected chi connectivity index (χ2v) is 4.78. The number of hydrogen-bond acceptors (Lipinski definition) is 6. The van der Waals surface area contributed by atoms with Crippen LogP contribution in [-0.2, 0) is 14.3 Å². The lowest BCUT2D eigenvalue weighted by atomic mass is 10.2. The van der Waals surface area contributed by atoms with Crippen molar-refractivity contribution in [2.24, 2.45) is 0 Å². The third-order valence-electron chi connectivity index (χ3n) is 2.98. The van der Waals surface area contributed by atoms with Crippen molar-refractivity contribution in [3.05, 3.63) is 36.2 Å². The molecule has 0 aliphatic heterocycles. The Kier molecular flexibility index (Phi) is 6.01. The summed E-state index contributed by atoms with van der Waals surface area (Å²) in [5.74, 6) is -2.40. The Morgan fingerprint density at radius 3 is 2.62 bits per heavy atom. The summed E-state index contributed by atoms with van der Waals surface area (Å²) < 4.78 is 5.12. The molecule has 0 atom stereocenters. The molecule has 0 saturated heterocycles. The smallest absolute Gasteiger partial charge is 0.340 e. The van der Waals surface area contributed by atoms with Gasteiger partial charge in [-0.1, -0.05) is 25.5 Å². The summed E-state index contributed by atoms with van der Waals surface area (Å²) in [6.45, 7) is 2.28. The van der Waals surface area contributed by atoms with Crippen molar-refractivity contribution in [3.63, 3.8) is 0 Å². The third kappa shape index (κ3) is 4.63. The first-order valence-corrected chi connectivity index (χ1v) is 7.35. The monoisotopic (exact) mass is 331 g/mol. The zero-order chi connectivity index (χ0) is 17.4. The maximum absolute atomic E-state index is 12.1. The van der Waals surface area contributed by atoms with E-state index in [0.717, 1.165) is 12.8 Å². The van der Waals surface area contributed by atoms with Crippen molar-refractivity contribution in [2.45, 2.75) is 19.8 Å². The number of benzene rings is 1. The predicted octanol–water partition coefficient (Wildman–Crippen LogP) is 1.34. The minimum absolute atomic E-state index is 0.0439. The van der Waals surface area contributed by atoms with Crippen molar-refractivity contribution in [2.75, 3.05) is 17.2 Å². The number of anilines is 2. The van der Waals surface area contributed by atoms with Crippen LogP contribution in [-0.4, -0.2) is 39.6 Å². The van der Waals surface area contributed by atoms with Gasteiger partial charge in [0.1, 0.15) is 6.33 Å². The maximum Gasteiger partial charge on any atom is 0.340 e. The molecule has 2 amide bonds. The van der Waals surface area contributed by atoms with Crippen LogP contribution in [0.15, 0.2) is 30.6 Å². The highest BCUT2D eigenvalue weighted by molar-refractivity contribution is 6.43. The standard InChI is InChI=1S/C15H17N5O4/c1-2-3-8-24-14(23)10-6-4-5-7-11(10)18-12(21)13(22)19-15-16-9-17-20-15/h4-7,9H,2-3,8H2,1H3,(H,18,21)(H2,16,17,19,20,22). The zero-order valence-corrected chi connectivity index (χ0v) is 13.0. The predicted molar refractivity (Wildman–Crippen MR) is 85.3 cm³/mol. The first-order chi connectivity index (χ1) is 11.6. The number of aromatic amines is 1. The Hall–Kier alpha value is -3.23. The molecule has 0 aliphatic carbocycles. The van der Waals surface area contributed by atoms with Crippen LogP contribution >= 0.6 is 0 Å². The quantitative estimate of drug-likeness (QED) is 0.416. The van der Waals surface area contributed by atoms with Crippen LogP contribution < -0.4 is 10.6 Å². The van der Waals surface area contributed by atoms with E-state index in [0.29, 0.717) is 6.61 Å². The SMILES string of the molecule is CCCCOC(=O)c1ccccc1NC(=O)C(=O)Nc1ncn[nH]1. The summed E-state index contributed by atoms with van der Waals surface area (Å²) in [6.07, 6.45) is 2.84. The third-order valence-corrected chi connectivity index (χ3v) is 2.98. The molecule has 1 aromatic carbocycles. The molecule has 24 heavy (non-hydrogen) atoms. The van der Waals surface area contributed by atoms with E-state index in [1.807, 2.05) is 6.92 Å². The van der Waals surface area contributed by atoms with Crippen LogP contribution in [0.3, 0.4) is 0 Å². The molecule has 0 radical (unpaired) electrons. The molecular formula is C15H17N5O4. The lowest BCUT2D eigenvalue weighted by Gasteiger charge is -2.10. The number of unbranched alkanes of at least 4 members (excludes halogenated alkanes) is 1. The molecule has 1 heterocycles. The lowest BCUT2D eigenvalue weighted by Crippen LogP contribution is -2.30. The zero-order valence-electron chi connectivity index (χ0n) is 13.0. The van der Waals surface area contributed by atoms with Gasteiger partial charge in [0.25, 0.3) is 0 Å². The molecule has 0 bridgehead atoms. The Bertz CT molecular complexity index is 714. The van der Waals surface area contributed by atoms with Gasteiger partial charge in [0.15, 0.2) is 0 Å². The highest BCUT2D eigenvalue weighted by Gasteiger charge is 2.19. The van der Waals surface area contributed by atoms with Crippen molar-refractivity contribution < 1.29 is 19.1 Å². The molecule has 0 aliphatic rings. The largest absolute Gasteiger partial charge is 0.462 e. The molecule has 9 nitrogen and oxygen atoms in total. The molecule has 2 rings (SSSR count). The number of hydrogen-bond donors (Lipinski definition) is 3. The lowest BCUT2D eigenvalue weighted by molar-refractivity contribution is -0.133. The Balaban J connectivity index is 2.02. The highest BCUT2D eigenvalue weighted by Crippen LogP contribution is 2.16. The topological polar surface area (TPSA) is 126 Å². The van der Waals surface area contributed by atoms with Gasteiger partial charge in [-0.3, -0.25) is 14.9 Å². The van der Waals surface area contributed by atoms with Crippen LogP contribution in [0, 0.1) is 0 Å². The van der Waals surface area contributed by atoms with Crippen molar-refractivity contribution in [3.8, 4) is 0 Å². The minimum Gasteiger partial charge on any atom is -0.462 e. The van der Waals surface area contributed by atoms with Gasteiger partial charge in [-0.15, -0.1) is 0 Å². The van der Waals surface area contributed by atoms with E-state index >= 15 is 0 Å². The van der Waals surface area contributed by atoms with Gasteiger partial charge in [-0.05, 0) is 18.6 Å². The molecule has 2 aromatic rings. The van der Waals surface area contributed by atoms with Crippen molar-refractivity contribution in [1.29, 1.82) is 0 Å². The van der Waals surface area contributed by atoms with Gasteiger partial charge in [0.2, 0.25) is 5.95 Å². The van der Waals surface area contributed by atoms with Crippen LogP contribution in [0.1, 0.15) is 30.1 Å². The number of aromatic nitrogens is 3. The number of amides is 2. The van der Waals surface area contributed by atoms with Gasteiger partial charge >= 0.3 is 17.8 Å². The van der Waals surface area contributed by atoms with Gasteiger partial charge in [-0.2, -0.15) is 10.1 Å². The Morgan fingerprint density at radius 2 is 1.92 bits per heavy atom. The first kappa shape index (κ1) is 17.1. The second kappa shape index (κ2) is 8.42. The van der Waals surface area contributed by atoms with E-state index in [9.17, 15) is 14.4 Å². The average molecular weight is 331 g/mol. The fraction of sp³-hybridized carbons (Fsp3) is 0.267. The summed E-state index contributed by atoms with van der Waals surface area (Å²) in [7, 11) is 0. The molecule has 0 spiro atoms. The number of carbonyl (C=O) groups is 3. The van der Waals surface area contributed by atoms with E-state index in [2.05, 4.69) is 25.8 Å². The number of nitrogens with zero attached hydrogens (tertiary/aromatic N) is 2. The summed E-state index contributed by atoms with van der Waals surface area (Å²) in [5, 5.41) is 10.6.